The molecule has 1 atom stereocenters. The fraction of sp³-hybridized carbons (Fsp3) is 0.652. The molecule has 2 aromatic rings. The van der Waals surface area contributed by atoms with Gasteiger partial charge in [0.25, 0.3) is 0 Å². The van der Waals surface area contributed by atoms with Crippen molar-refractivity contribution in [3.05, 3.63) is 33.9 Å². The molecule has 0 aliphatic carbocycles. The van der Waals surface area contributed by atoms with Gasteiger partial charge in [0, 0.05) is 24.3 Å². The minimum absolute atomic E-state index is 0.0645. The maximum Gasteiger partial charge on any atom is 0.434 e. The number of halogens is 3. The summed E-state index contributed by atoms with van der Waals surface area (Å²) in [5.41, 5.74) is 4.57. The summed E-state index contributed by atoms with van der Waals surface area (Å²) in [5, 5.41) is 10.2. The molecule has 0 aliphatic rings. The number of nitrogens with zero attached hydrogens (tertiary/aromatic N) is 4. The molecule has 0 fully saturated rings. The van der Waals surface area contributed by atoms with E-state index in [9.17, 15) is 18.0 Å². The number of nitrogens with one attached hydrogen (secondary N) is 2. The Hall–Kier alpha value is -2.83. The molecule has 2 heterocycles. The minimum Gasteiger partial charge on any atom is -0.385 e. The van der Waals surface area contributed by atoms with Crippen LogP contribution in [0.15, 0.2) is 26.8 Å². The molecule has 0 bridgehead atoms. The number of hydrogen-bond donors (Lipinski definition) is 3. The number of urea groups is 1. The quantitative estimate of drug-likeness (QED) is 0.344. The van der Waals surface area contributed by atoms with Gasteiger partial charge >= 0.3 is 12.2 Å². The maximum atomic E-state index is 12.3. The lowest BCUT2D eigenvalue weighted by atomic mass is 9.98. The van der Waals surface area contributed by atoms with E-state index in [0.29, 0.717) is 25.0 Å². The van der Waals surface area contributed by atoms with E-state index in [1.54, 1.807) is 13.1 Å². The number of rotatable bonds is 9. The average Bonchev–Trinajstić information content (AvgIpc) is 3.27. The van der Waals surface area contributed by atoms with E-state index in [2.05, 4.69) is 60.3 Å². The number of alkyl halides is 3. The standard InChI is InChI=1S/C10H13F3N4OS.C9H17N3O.C4H10/c1-2-15-9(18)17-7(14)3-4-8-16-6(5-19-8)10(11,12)13;1-5-10-6-12-11-9(13-12)8(4)7(2)3;1-3-4-2/h3,5H,2,4,14H2,1H3,(H2,15,17,18);5,7-8H,6H2,1-4H3;3-4H2,1-2H3/b7-3+;10-5-;/t;8-;/m.0./s1. The number of nitrogens with two attached hydrogens (primary N) is 1. The van der Waals surface area contributed by atoms with Crippen molar-refractivity contribution in [3.63, 3.8) is 0 Å². The fourth-order valence-corrected chi connectivity index (χ4v) is 2.78. The Labute approximate surface area is 215 Å². The Morgan fingerprint density at radius 3 is 2.33 bits per heavy atom. The molecule has 2 aromatic heterocycles. The van der Waals surface area contributed by atoms with Gasteiger partial charge in [0.15, 0.2) is 12.4 Å². The van der Waals surface area contributed by atoms with E-state index in [0.717, 1.165) is 22.6 Å². The lowest BCUT2D eigenvalue weighted by Crippen LogP contribution is -2.37. The first-order chi connectivity index (χ1) is 16.9. The van der Waals surface area contributed by atoms with Gasteiger partial charge in [-0.25, -0.2) is 9.78 Å². The number of aromatic nitrogens is 3. The normalized spacial score (nSPS) is 12.6. The number of carbonyl (C=O) groups excluding carboxylic acids is 1. The number of amides is 2. The average molecular weight is 536 g/mol. The highest BCUT2D eigenvalue weighted by atomic mass is 32.1. The lowest BCUT2D eigenvalue weighted by molar-refractivity contribution is -0.140. The zero-order chi connectivity index (χ0) is 27.7. The summed E-state index contributed by atoms with van der Waals surface area (Å²) in [4.78, 5) is 20.0. The summed E-state index contributed by atoms with van der Waals surface area (Å²) in [6, 6.07) is -0.466. The fourth-order valence-electron chi connectivity index (χ4n) is 2.01. The van der Waals surface area contributed by atoms with Gasteiger partial charge in [0.2, 0.25) is 5.89 Å². The summed E-state index contributed by atoms with van der Waals surface area (Å²) in [7, 11) is 0. The Morgan fingerprint density at radius 2 is 1.89 bits per heavy atom. The number of unbranched alkanes of at least 4 members (excludes halogenated alkanes) is 1. The second kappa shape index (κ2) is 17.6. The van der Waals surface area contributed by atoms with Crippen molar-refractivity contribution in [3.8, 4) is 0 Å². The van der Waals surface area contributed by atoms with E-state index in [4.69, 9.17) is 10.3 Å². The monoisotopic (exact) mass is 535 g/mol. The van der Waals surface area contributed by atoms with Gasteiger partial charge in [-0.1, -0.05) is 52.3 Å². The Balaban J connectivity index is 0.000000622. The predicted molar refractivity (Wildman–Crippen MR) is 138 cm³/mol. The molecule has 2 rings (SSSR count). The number of allylic oxidation sites excluding steroid dienone is 1. The van der Waals surface area contributed by atoms with Crippen molar-refractivity contribution in [2.24, 2.45) is 16.6 Å². The van der Waals surface area contributed by atoms with Crippen LogP contribution in [0.25, 0.3) is 0 Å². The lowest BCUT2D eigenvalue weighted by Gasteiger charge is -2.17. The highest BCUT2D eigenvalue weighted by Gasteiger charge is 2.33. The molecule has 2 amide bonds. The van der Waals surface area contributed by atoms with Crippen LogP contribution in [0.3, 0.4) is 0 Å². The van der Waals surface area contributed by atoms with Crippen molar-refractivity contribution in [1.82, 2.24) is 25.6 Å². The topological polar surface area (TPSA) is 123 Å². The SMILES string of the molecule is C/C=N\Cn1nc([C@@H](C)C(C)C)o1.CCCC.CCNC(=O)N/C(N)=C/Cc1nc(C(F)(F)F)cs1. The van der Waals surface area contributed by atoms with Crippen LogP contribution < -0.4 is 16.4 Å². The molecule has 0 spiro atoms. The molecule has 9 nitrogen and oxygen atoms in total. The van der Waals surface area contributed by atoms with Crippen LogP contribution in [-0.4, -0.2) is 33.7 Å². The molecule has 0 aliphatic heterocycles. The molecule has 0 radical (unpaired) electrons. The van der Waals surface area contributed by atoms with Gasteiger partial charge in [-0.3, -0.25) is 10.3 Å². The molecule has 0 aromatic carbocycles. The molecule has 0 saturated carbocycles. The van der Waals surface area contributed by atoms with Crippen LogP contribution in [0.2, 0.25) is 0 Å². The van der Waals surface area contributed by atoms with Crippen LogP contribution in [0.1, 0.15) is 83.8 Å². The van der Waals surface area contributed by atoms with E-state index < -0.39 is 17.9 Å². The highest BCUT2D eigenvalue weighted by molar-refractivity contribution is 7.09. The summed E-state index contributed by atoms with van der Waals surface area (Å²) in [6.45, 7) is 15.3. The zero-order valence-electron chi connectivity index (χ0n) is 22.1. The smallest absolute Gasteiger partial charge is 0.385 e. The molecule has 4 N–H and O–H groups in total. The van der Waals surface area contributed by atoms with Crippen LogP contribution >= 0.6 is 11.3 Å². The Kier molecular flexibility index (Phi) is 16.2. The molecule has 13 heteroatoms. The summed E-state index contributed by atoms with van der Waals surface area (Å²) in [6.07, 6.45) is 1.46. The Bertz CT molecular complexity index is 903. The van der Waals surface area contributed by atoms with Gasteiger partial charge in [0.1, 0.15) is 5.82 Å². The first-order valence-corrected chi connectivity index (χ1v) is 12.8. The third-order valence-electron chi connectivity index (χ3n) is 4.62. The van der Waals surface area contributed by atoms with Crippen molar-refractivity contribution >= 4 is 23.6 Å². The van der Waals surface area contributed by atoms with E-state index in [1.165, 1.54) is 23.8 Å². The second-order valence-corrected chi connectivity index (χ2v) is 8.91. The second-order valence-electron chi connectivity index (χ2n) is 7.97. The summed E-state index contributed by atoms with van der Waals surface area (Å²) < 4.78 is 42.2. The summed E-state index contributed by atoms with van der Waals surface area (Å²) in [5.74, 6) is 1.84. The van der Waals surface area contributed by atoms with Gasteiger partial charge < -0.3 is 15.6 Å². The van der Waals surface area contributed by atoms with E-state index in [-0.39, 0.29) is 17.2 Å². The number of carbonyl (C=O) groups is 1. The number of hydrogen-bond acceptors (Lipinski definition) is 7. The van der Waals surface area contributed by atoms with E-state index >= 15 is 0 Å². The minimum atomic E-state index is -4.44. The van der Waals surface area contributed by atoms with Crippen molar-refractivity contribution in [2.75, 3.05) is 6.54 Å². The highest BCUT2D eigenvalue weighted by Crippen LogP contribution is 2.30. The van der Waals surface area contributed by atoms with Crippen LogP contribution in [0.4, 0.5) is 18.0 Å². The molecular formula is C23H40F3N7O2S. The number of thiazole rings is 1. The van der Waals surface area contributed by atoms with Gasteiger partial charge in [-0.2, -0.15) is 13.2 Å². The zero-order valence-corrected chi connectivity index (χ0v) is 23.0. The third kappa shape index (κ3) is 13.9. The molecular weight excluding hydrogens is 495 g/mol. The first-order valence-electron chi connectivity index (χ1n) is 11.9. The van der Waals surface area contributed by atoms with Crippen LogP contribution in [-0.2, 0) is 19.3 Å². The van der Waals surface area contributed by atoms with E-state index in [1.807, 2.05) is 6.92 Å². The third-order valence-corrected chi connectivity index (χ3v) is 5.49. The maximum absolute atomic E-state index is 12.3. The molecule has 206 valence electrons. The van der Waals surface area contributed by atoms with Crippen LogP contribution in [0.5, 0.6) is 0 Å². The van der Waals surface area contributed by atoms with Gasteiger partial charge in [0.05, 0.1) is 5.01 Å². The van der Waals surface area contributed by atoms with Gasteiger partial charge in [-0.15, -0.1) is 16.4 Å². The van der Waals surface area contributed by atoms with Crippen molar-refractivity contribution < 1.29 is 22.5 Å². The van der Waals surface area contributed by atoms with Crippen LogP contribution in [0, 0.1) is 5.92 Å². The number of aliphatic imine (C=N–C) groups is 1. The van der Waals surface area contributed by atoms with Gasteiger partial charge in [-0.05, 0) is 32.1 Å². The molecule has 0 saturated heterocycles. The first kappa shape index (κ1) is 33.2. The Morgan fingerprint density at radius 1 is 1.28 bits per heavy atom. The predicted octanol–water partition coefficient (Wildman–Crippen LogP) is 5.91. The largest absolute Gasteiger partial charge is 0.434 e. The molecule has 0 unspecified atom stereocenters. The molecule has 36 heavy (non-hydrogen) atoms. The van der Waals surface area contributed by atoms with Crippen molar-refractivity contribution in [2.45, 2.75) is 86.5 Å². The summed E-state index contributed by atoms with van der Waals surface area (Å²) >= 11 is 0.888. The van der Waals surface area contributed by atoms with Crippen molar-refractivity contribution in [1.29, 1.82) is 0 Å².